The van der Waals surface area contributed by atoms with Gasteiger partial charge in [0.15, 0.2) is 0 Å². The van der Waals surface area contributed by atoms with Crippen molar-refractivity contribution in [3.05, 3.63) is 65.3 Å². The summed E-state index contributed by atoms with van der Waals surface area (Å²) in [7, 11) is 0. The molecule has 2 aliphatic rings. The van der Waals surface area contributed by atoms with E-state index in [1.807, 2.05) is 13.8 Å². The van der Waals surface area contributed by atoms with Gasteiger partial charge in [0.1, 0.15) is 0 Å². The highest BCUT2D eigenvalue weighted by atomic mass is 14.3. The molecule has 0 saturated heterocycles. The molecule has 0 N–H and O–H groups in total. The third-order valence-electron chi connectivity index (χ3n) is 4.71. The van der Waals surface area contributed by atoms with E-state index in [9.17, 15) is 0 Å². The van der Waals surface area contributed by atoms with E-state index in [0.29, 0.717) is 17.8 Å². The monoisotopic (exact) mass is 266 g/mol. The summed E-state index contributed by atoms with van der Waals surface area (Å²) in [6, 6.07) is 8.89. The highest BCUT2D eigenvalue weighted by Crippen LogP contribution is 2.44. The van der Waals surface area contributed by atoms with E-state index in [0.717, 1.165) is 0 Å². The lowest BCUT2D eigenvalue weighted by Gasteiger charge is -2.27. The molecule has 2 aliphatic carbocycles. The Bertz CT molecular complexity index is 557. The molecular formula is C20H26. The highest BCUT2D eigenvalue weighted by Gasteiger charge is 2.30. The predicted octanol–water partition coefficient (Wildman–Crippen LogP) is 5.98. The molecule has 106 valence electrons. The summed E-state index contributed by atoms with van der Waals surface area (Å²) < 4.78 is 0. The van der Waals surface area contributed by atoms with Crippen molar-refractivity contribution in [1.29, 1.82) is 0 Å². The quantitative estimate of drug-likeness (QED) is 0.541. The highest BCUT2D eigenvalue weighted by molar-refractivity contribution is 5.74. The van der Waals surface area contributed by atoms with E-state index >= 15 is 0 Å². The molecular weight excluding hydrogens is 240 g/mol. The predicted molar refractivity (Wildman–Crippen MR) is 89.7 cm³/mol. The molecule has 20 heavy (non-hydrogen) atoms. The van der Waals surface area contributed by atoms with Crippen LogP contribution in [-0.4, -0.2) is 0 Å². The van der Waals surface area contributed by atoms with Crippen molar-refractivity contribution in [3.8, 4) is 0 Å². The largest absolute Gasteiger partial charge is 0.0767 e. The van der Waals surface area contributed by atoms with Crippen molar-refractivity contribution in [2.24, 2.45) is 11.8 Å². The Morgan fingerprint density at radius 2 is 1.65 bits per heavy atom. The summed E-state index contributed by atoms with van der Waals surface area (Å²) in [5.74, 6) is 1.83. The fourth-order valence-electron chi connectivity index (χ4n) is 3.38. The molecule has 0 aromatic heterocycles. The van der Waals surface area contributed by atoms with E-state index < -0.39 is 0 Å². The molecule has 0 saturated carbocycles. The van der Waals surface area contributed by atoms with E-state index in [1.54, 1.807) is 0 Å². The number of hydrogen-bond donors (Lipinski definition) is 0. The first-order valence-electron chi connectivity index (χ1n) is 7.85. The van der Waals surface area contributed by atoms with Crippen LogP contribution >= 0.6 is 0 Å². The smallest absolute Gasteiger partial charge is 0.00553 e. The molecule has 3 atom stereocenters. The zero-order chi connectivity index (χ0) is 14.7. The molecule has 0 heteroatoms. The van der Waals surface area contributed by atoms with Crippen LogP contribution in [-0.2, 0) is 0 Å². The van der Waals surface area contributed by atoms with Crippen LogP contribution in [0.5, 0.6) is 0 Å². The van der Waals surface area contributed by atoms with Crippen LogP contribution in [0.4, 0.5) is 0 Å². The third-order valence-corrected chi connectivity index (χ3v) is 4.71. The second-order valence-electron chi connectivity index (χ2n) is 5.59. The lowest BCUT2D eigenvalue weighted by atomic mass is 9.77. The van der Waals surface area contributed by atoms with Gasteiger partial charge in [-0.2, -0.15) is 0 Å². The minimum atomic E-state index is 0.567. The standard InChI is InChI=1S/C18H20.C2H6/c1-12-13(2)16-9-5-7-11-18(16)14(3)17-10-6-4-8-15(12)17;1-2/h4-13,15H,1-3H3;1-2H3. The molecule has 1 aromatic rings. The van der Waals surface area contributed by atoms with Crippen LogP contribution in [0.3, 0.4) is 0 Å². The molecule has 1 aromatic carbocycles. The molecule has 0 aliphatic heterocycles. The topological polar surface area (TPSA) is 0 Å². The second-order valence-corrected chi connectivity index (χ2v) is 5.59. The Hall–Kier alpha value is -1.56. The molecule has 3 unspecified atom stereocenters. The molecule has 0 bridgehead atoms. The van der Waals surface area contributed by atoms with Crippen LogP contribution in [0.2, 0.25) is 0 Å². The van der Waals surface area contributed by atoms with Gasteiger partial charge in [-0.15, -0.1) is 0 Å². The summed E-state index contributed by atoms with van der Waals surface area (Å²) in [4.78, 5) is 0. The maximum Gasteiger partial charge on any atom is 0.00553 e. The second kappa shape index (κ2) is 6.26. The van der Waals surface area contributed by atoms with Gasteiger partial charge in [0, 0.05) is 5.92 Å². The Balaban J connectivity index is 0.000000704. The SMILES string of the molecule is CC.CC1=C2C=CC=CC2C(C)C(C)c2ccccc21. The fourth-order valence-corrected chi connectivity index (χ4v) is 3.38. The van der Waals surface area contributed by atoms with E-state index in [-0.39, 0.29) is 0 Å². The first-order chi connectivity index (χ1) is 9.70. The average molecular weight is 266 g/mol. The van der Waals surface area contributed by atoms with Crippen molar-refractivity contribution >= 4 is 5.57 Å². The molecule has 0 fully saturated rings. The number of allylic oxidation sites excluding steroid dienone is 6. The lowest BCUT2D eigenvalue weighted by molar-refractivity contribution is 0.417. The maximum absolute atomic E-state index is 2.38. The van der Waals surface area contributed by atoms with E-state index in [4.69, 9.17) is 0 Å². The van der Waals surface area contributed by atoms with E-state index in [1.165, 1.54) is 22.3 Å². The summed E-state index contributed by atoms with van der Waals surface area (Å²) in [6.07, 6.45) is 9.03. The zero-order valence-electron chi connectivity index (χ0n) is 13.4. The Morgan fingerprint density at radius 3 is 2.40 bits per heavy atom. The van der Waals surface area contributed by atoms with Crippen molar-refractivity contribution in [2.45, 2.75) is 40.5 Å². The summed E-state index contributed by atoms with van der Waals surface area (Å²) in [5, 5.41) is 0. The Kier molecular flexibility index (Phi) is 4.65. The van der Waals surface area contributed by atoms with Gasteiger partial charge in [-0.05, 0) is 41.0 Å². The van der Waals surface area contributed by atoms with Gasteiger partial charge in [0.05, 0.1) is 0 Å². The van der Waals surface area contributed by atoms with Crippen molar-refractivity contribution < 1.29 is 0 Å². The molecule has 0 radical (unpaired) electrons. The summed E-state index contributed by atoms with van der Waals surface area (Å²) in [5.41, 5.74) is 5.90. The van der Waals surface area contributed by atoms with Gasteiger partial charge >= 0.3 is 0 Å². The van der Waals surface area contributed by atoms with Crippen molar-refractivity contribution in [1.82, 2.24) is 0 Å². The average Bonchev–Trinajstić information content (AvgIpc) is 2.61. The Morgan fingerprint density at radius 1 is 0.950 bits per heavy atom. The number of hydrogen-bond acceptors (Lipinski definition) is 0. The number of rotatable bonds is 0. The molecule has 0 heterocycles. The molecule has 0 amide bonds. The van der Waals surface area contributed by atoms with Gasteiger partial charge < -0.3 is 0 Å². The van der Waals surface area contributed by atoms with Crippen LogP contribution in [0.15, 0.2) is 54.1 Å². The first-order valence-corrected chi connectivity index (χ1v) is 7.85. The third kappa shape index (κ3) is 2.40. The van der Waals surface area contributed by atoms with Crippen molar-refractivity contribution in [3.63, 3.8) is 0 Å². The van der Waals surface area contributed by atoms with Gasteiger partial charge in [0.25, 0.3) is 0 Å². The molecule has 0 spiro atoms. The van der Waals surface area contributed by atoms with Crippen LogP contribution < -0.4 is 0 Å². The summed E-state index contributed by atoms with van der Waals surface area (Å²) >= 11 is 0. The minimum Gasteiger partial charge on any atom is -0.0767 e. The van der Waals surface area contributed by atoms with Crippen LogP contribution in [0, 0.1) is 11.8 Å². The molecule has 0 nitrogen and oxygen atoms in total. The Labute approximate surface area is 123 Å². The van der Waals surface area contributed by atoms with Crippen LogP contribution in [0.25, 0.3) is 5.57 Å². The lowest BCUT2D eigenvalue weighted by Crippen LogP contribution is -2.17. The maximum atomic E-state index is 2.38. The molecule has 3 rings (SSSR count). The number of fused-ring (bicyclic) bond motifs is 2. The zero-order valence-corrected chi connectivity index (χ0v) is 13.4. The van der Waals surface area contributed by atoms with Crippen LogP contribution in [0.1, 0.15) is 51.7 Å². The van der Waals surface area contributed by atoms with Gasteiger partial charge in [-0.3, -0.25) is 0 Å². The van der Waals surface area contributed by atoms with E-state index in [2.05, 4.69) is 69.3 Å². The normalized spacial score (nSPS) is 27.1. The van der Waals surface area contributed by atoms with Gasteiger partial charge in [-0.25, -0.2) is 0 Å². The number of benzene rings is 1. The van der Waals surface area contributed by atoms with Crippen molar-refractivity contribution in [2.75, 3.05) is 0 Å². The minimum absolute atomic E-state index is 0.567. The summed E-state index contributed by atoms with van der Waals surface area (Å²) in [6.45, 7) is 11.0. The van der Waals surface area contributed by atoms with Gasteiger partial charge in [0.2, 0.25) is 0 Å². The fraction of sp³-hybridized carbons (Fsp3) is 0.400. The van der Waals surface area contributed by atoms with Gasteiger partial charge in [-0.1, -0.05) is 76.3 Å². The first kappa shape index (κ1) is 14.8.